The van der Waals surface area contributed by atoms with Crippen LogP contribution >= 0.6 is 0 Å². The predicted octanol–water partition coefficient (Wildman–Crippen LogP) is 4.43. The van der Waals surface area contributed by atoms with Crippen molar-refractivity contribution in [3.8, 4) is 0 Å². The molecule has 3 aromatic carbocycles. The molecule has 28 heavy (non-hydrogen) atoms. The lowest BCUT2D eigenvalue weighted by molar-refractivity contribution is -0.129. The van der Waals surface area contributed by atoms with Gasteiger partial charge in [0.2, 0.25) is 0 Å². The average Bonchev–Trinajstić information content (AvgIpc) is 3.04. The van der Waals surface area contributed by atoms with Gasteiger partial charge in [0.05, 0.1) is 17.3 Å². The molecule has 0 radical (unpaired) electrons. The molecule has 0 N–H and O–H groups in total. The summed E-state index contributed by atoms with van der Waals surface area (Å²) in [5, 5.41) is 5.73. The van der Waals surface area contributed by atoms with E-state index in [4.69, 9.17) is 0 Å². The summed E-state index contributed by atoms with van der Waals surface area (Å²) in [5.41, 5.74) is 2.93. The largest absolute Gasteiger partial charge is 0.297 e. The van der Waals surface area contributed by atoms with Crippen molar-refractivity contribution in [2.45, 2.75) is 12.8 Å². The van der Waals surface area contributed by atoms with Crippen molar-refractivity contribution < 1.29 is 9.59 Å². The molecule has 1 unspecified atom stereocenters. The van der Waals surface area contributed by atoms with E-state index in [9.17, 15) is 9.59 Å². The smallest absolute Gasteiger partial charge is 0.263 e. The summed E-state index contributed by atoms with van der Waals surface area (Å²) in [6.07, 6.45) is 0. The van der Waals surface area contributed by atoms with Crippen LogP contribution in [0.1, 0.15) is 24.0 Å². The highest BCUT2D eigenvalue weighted by atomic mass is 16.2. The molecule has 4 heteroatoms. The average molecular weight is 368 g/mol. The van der Waals surface area contributed by atoms with E-state index in [0.29, 0.717) is 11.4 Å². The molecule has 1 aliphatic heterocycles. The second kappa shape index (κ2) is 7.61. The normalized spacial score (nSPS) is 16.4. The number of amides is 1. The number of hydrogen-bond donors (Lipinski definition) is 0. The third kappa shape index (κ3) is 3.25. The summed E-state index contributed by atoms with van der Waals surface area (Å²) in [5.74, 6) is -1.85. The molecule has 1 aliphatic rings. The quantitative estimate of drug-likeness (QED) is 0.626. The minimum atomic E-state index is -0.884. The first-order chi connectivity index (χ1) is 13.7. The lowest BCUT2D eigenvalue weighted by atomic mass is 9.81. The lowest BCUT2D eigenvalue weighted by Crippen LogP contribution is -2.35. The maximum Gasteiger partial charge on any atom is 0.263 e. The van der Waals surface area contributed by atoms with Crippen LogP contribution in [-0.2, 0) is 9.59 Å². The minimum absolute atomic E-state index is 0.151. The SMILES string of the molecule is CC1=NN(c2ccccc2)C(=O)C1C(=O)C(c1ccccc1)c1ccccc1. The van der Waals surface area contributed by atoms with Crippen molar-refractivity contribution in [3.63, 3.8) is 0 Å². The fourth-order valence-corrected chi connectivity index (χ4v) is 3.63. The molecule has 0 aromatic heterocycles. The Balaban J connectivity index is 1.72. The van der Waals surface area contributed by atoms with Gasteiger partial charge in [0.1, 0.15) is 5.92 Å². The first-order valence-electron chi connectivity index (χ1n) is 9.24. The summed E-state index contributed by atoms with van der Waals surface area (Å²) >= 11 is 0. The van der Waals surface area contributed by atoms with Crippen LogP contribution in [0, 0.1) is 5.92 Å². The van der Waals surface area contributed by atoms with Gasteiger partial charge in [0.25, 0.3) is 5.91 Å². The zero-order valence-corrected chi connectivity index (χ0v) is 15.5. The zero-order valence-electron chi connectivity index (χ0n) is 15.5. The summed E-state index contributed by atoms with van der Waals surface area (Å²) in [7, 11) is 0. The van der Waals surface area contributed by atoms with E-state index in [1.807, 2.05) is 91.0 Å². The fraction of sp³-hybridized carbons (Fsp3) is 0.125. The monoisotopic (exact) mass is 368 g/mol. The van der Waals surface area contributed by atoms with Crippen molar-refractivity contribution >= 4 is 23.1 Å². The number of carbonyl (C=O) groups excluding carboxylic acids is 2. The first-order valence-corrected chi connectivity index (χ1v) is 9.24. The van der Waals surface area contributed by atoms with E-state index < -0.39 is 11.8 Å². The van der Waals surface area contributed by atoms with Crippen LogP contribution in [-0.4, -0.2) is 17.4 Å². The van der Waals surface area contributed by atoms with Crippen LogP contribution in [0.5, 0.6) is 0 Å². The van der Waals surface area contributed by atoms with Gasteiger partial charge in [-0.1, -0.05) is 78.9 Å². The van der Waals surface area contributed by atoms with Crippen LogP contribution in [0.3, 0.4) is 0 Å². The number of Topliss-reactive ketones (excluding diaryl/α,β-unsaturated/α-hetero) is 1. The van der Waals surface area contributed by atoms with Gasteiger partial charge in [-0.15, -0.1) is 0 Å². The van der Waals surface area contributed by atoms with Crippen molar-refractivity contribution in [1.82, 2.24) is 0 Å². The lowest BCUT2D eigenvalue weighted by Gasteiger charge is -2.21. The molecule has 3 aromatic rings. The number of anilines is 1. The van der Waals surface area contributed by atoms with Crippen molar-refractivity contribution in [2.75, 3.05) is 5.01 Å². The molecular weight excluding hydrogens is 348 g/mol. The number of hydrogen-bond acceptors (Lipinski definition) is 3. The third-order valence-electron chi connectivity index (χ3n) is 4.97. The van der Waals surface area contributed by atoms with Gasteiger partial charge in [0, 0.05) is 0 Å². The van der Waals surface area contributed by atoms with Crippen molar-refractivity contribution in [2.24, 2.45) is 11.0 Å². The maximum absolute atomic E-state index is 13.6. The van der Waals surface area contributed by atoms with Crippen LogP contribution in [0.15, 0.2) is 96.1 Å². The van der Waals surface area contributed by atoms with Crippen molar-refractivity contribution in [3.05, 3.63) is 102 Å². The van der Waals surface area contributed by atoms with Gasteiger partial charge < -0.3 is 0 Å². The molecule has 1 heterocycles. The fourth-order valence-electron chi connectivity index (χ4n) is 3.63. The Labute approximate surface area is 164 Å². The number of para-hydroxylation sites is 1. The Kier molecular flexibility index (Phi) is 4.85. The molecule has 0 saturated carbocycles. The Bertz CT molecular complexity index is 975. The highest BCUT2D eigenvalue weighted by molar-refractivity contribution is 6.28. The molecule has 1 atom stereocenters. The van der Waals surface area contributed by atoms with E-state index in [0.717, 1.165) is 11.1 Å². The van der Waals surface area contributed by atoms with Crippen LogP contribution in [0.25, 0.3) is 0 Å². The van der Waals surface area contributed by atoms with Gasteiger partial charge in [-0.05, 0) is 30.2 Å². The Morgan fingerprint density at radius 1 is 0.821 bits per heavy atom. The number of hydrazone groups is 1. The van der Waals surface area contributed by atoms with Gasteiger partial charge in [-0.25, -0.2) is 0 Å². The summed E-state index contributed by atoms with van der Waals surface area (Å²) in [6, 6.07) is 28.4. The highest BCUT2D eigenvalue weighted by Crippen LogP contribution is 2.32. The first kappa shape index (κ1) is 17.9. The zero-order chi connectivity index (χ0) is 19.5. The van der Waals surface area contributed by atoms with Crippen LogP contribution < -0.4 is 5.01 Å². The topological polar surface area (TPSA) is 49.7 Å². The second-order valence-electron chi connectivity index (χ2n) is 6.82. The standard InChI is InChI=1S/C24H20N2O2/c1-17-21(24(28)26(25-17)20-15-9-4-10-16-20)23(27)22(18-11-5-2-6-12-18)19-13-7-3-8-14-19/h2-16,21-22H,1H3. The van der Waals surface area contributed by atoms with E-state index >= 15 is 0 Å². The maximum atomic E-state index is 13.6. The molecular formula is C24H20N2O2. The van der Waals surface area contributed by atoms with Gasteiger partial charge in [0.15, 0.2) is 5.78 Å². The predicted molar refractivity (Wildman–Crippen MR) is 110 cm³/mol. The van der Waals surface area contributed by atoms with Crippen molar-refractivity contribution in [1.29, 1.82) is 0 Å². The number of benzene rings is 3. The molecule has 0 saturated heterocycles. The van der Waals surface area contributed by atoms with Crippen LogP contribution in [0.2, 0.25) is 0 Å². The number of carbonyl (C=O) groups is 2. The Morgan fingerprint density at radius 2 is 1.29 bits per heavy atom. The molecule has 0 spiro atoms. The molecule has 4 nitrogen and oxygen atoms in total. The van der Waals surface area contributed by atoms with E-state index in [1.54, 1.807) is 6.92 Å². The van der Waals surface area contributed by atoms with Gasteiger partial charge in [-0.2, -0.15) is 10.1 Å². The highest BCUT2D eigenvalue weighted by Gasteiger charge is 2.43. The third-order valence-corrected chi connectivity index (χ3v) is 4.97. The molecule has 138 valence electrons. The summed E-state index contributed by atoms with van der Waals surface area (Å²) in [4.78, 5) is 26.7. The molecule has 0 aliphatic carbocycles. The number of ketones is 1. The second-order valence-corrected chi connectivity index (χ2v) is 6.82. The Hall–Kier alpha value is -3.53. The Morgan fingerprint density at radius 3 is 1.79 bits per heavy atom. The molecule has 1 amide bonds. The minimum Gasteiger partial charge on any atom is -0.297 e. The molecule has 0 bridgehead atoms. The molecule has 4 rings (SSSR count). The van der Waals surface area contributed by atoms with E-state index in [1.165, 1.54) is 5.01 Å². The van der Waals surface area contributed by atoms with Gasteiger partial charge >= 0.3 is 0 Å². The number of rotatable bonds is 5. The number of nitrogens with zero attached hydrogens (tertiary/aromatic N) is 2. The summed E-state index contributed by atoms with van der Waals surface area (Å²) < 4.78 is 0. The molecule has 0 fully saturated rings. The van der Waals surface area contributed by atoms with Crippen LogP contribution in [0.4, 0.5) is 5.69 Å². The van der Waals surface area contributed by atoms with Gasteiger partial charge in [-0.3, -0.25) is 9.59 Å². The van der Waals surface area contributed by atoms with E-state index in [-0.39, 0.29) is 11.7 Å². The summed E-state index contributed by atoms with van der Waals surface area (Å²) in [6.45, 7) is 1.75. The van der Waals surface area contributed by atoms with E-state index in [2.05, 4.69) is 5.10 Å².